The van der Waals surface area contributed by atoms with Crippen LogP contribution >= 0.6 is 0 Å². The number of nitrogens with one attached hydrogen (secondary N) is 1. The summed E-state index contributed by atoms with van der Waals surface area (Å²) >= 11 is 0. The maximum absolute atomic E-state index is 13.1. The van der Waals surface area contributed by atoms with Gasteiger partial charge in [-0.05, 0) is 82.0 Å². The van der Waals surface area contributed by atoms with Crippen LogP contribution in [0.4, 0.5) is 4.39 Å². The summed E-state index contributed by atoms with van der Waals surface area (Å²) in [7, 11) is 0. The molecular weight excluding hydrogens is 301 g/mol. The molecule has 1 saturated carbocycles. The smallest absolute Gasteiger partial charge is 0.123 e. The molecule has 0 bridgehead atoms. The molecule has 1 aromatic rings. The lowest BCUT2D eigenvalue weighted by molar-refractivity contribution is -0.0630. The minimum Gasteiger partial charge on any atom is -0.375 e. The first-order valence-corrected chi connectivity index (χ1v) is 9.58. The van der Waals surface area contributed by atoms with Gasteiger partial charge in [-0.1, -0.05) is 25.0 Å². The molecule has 0 aromatic heterocycles. The fraction of sp³-hybridized carbons (Fsp3) is 0.714. The van der Waals surface area contributed by atoms with Crippen LogP contribution in [0.2, 0.25) is 0 Å². The molecule has 2 nitrogen and oxygen atoms in total. The van der Waals surface area contributed by atoms with E-state index in [1.54, 1.807) is 12.1 Å². The maximum atomic E-state index is 13.1. The Labute approximate surface area is 146 Å². The number of benzene rings is 1. The second kappa shape index (κ2) is 7.53. The normalized spacial score (nSPS) is 25.7. The summed E-state index contributed by atoms with van der Waals surface area (Å²) in [5, 5.41) is 3.78. The first-order chi connectivity index (χ1) is 11.5. The predicted octanol–water partition coefficient (Wildman–Crippen LogP) is 4.87. The van der Waals surface area contributed by atoms with Crippen LogP contribution in [0.1, 0.15) is 64.4 Å². The molecule has 134 valence electrons. The minimum absolute atomic E-state index is 0.00900. The molecule has 1 aliphatic heterocycles. The van der Waals surface area contributed by atoms with Gasteiger partial charge in [0.1, 0.15) is 5.82 Å². The second-order valence-corrected chi connectivity index (χ2v) is 8.51. The van der Waals surface area contributed by atoms with Crippen molar-refractivity contribution in [3.05, 3.63) is 35.6 Å². The van der Waals surface area contributed by atoms with Crippen LogP contribution in [0.5, 0.6) is 0 Å². The van der Waals surface area contributed by atoms with E-state index in [4.69, 9.17) is 4.74 Å². The molecule has 3 heteroatoms. The van der Waals surface area contributed by atoms with Crippen molar-refractivity contribution in [2.45, 2.75) is 76.9 Å². The third-order valence-electron chi connectivity index (χ3n) is 5.94. The van der Waals surface area contributed by atoms with Crippen LogP contribution in [0, 0.1) is 11.2 Å². The van der Waals surface area contributed by atoms with E-state index in [9.17, 15) is 4.39 Å². The summed E-state index contributed by atoms with van der Waals surface area (Å²) in [6.07, 6.45) is 9.83. The SMILES string of the molecule is CC1(C)C[C@H](NCCC2(Cc3ccc(F)cc3)CCCC2)CCO1. The highest BCUT2D eigenvalue weighted by molar-refractivity contribution is 5.18. The molecule has 3 rings (SSSR count). The van der Waals surface area contributed by atoms with Gasteiger partial charge < -0.3 is 10.1 Å². The van der Waals surface area contributed by atoms with Crippen LogP contribution in [-0.4, -0.2) is 24.8 Å². The predicted molar refractivity (Wildman–Crippen MR) is 96.7 cm³/mol. The topological polar surface area (TPSA) is 21.3 Å². The van der Waals surface area contributed by atoms with Gasteiger partial charge in [0.2, 0.25) is 0 Å². The lowest BCUT2D eigenvalue weighted by Crippen LogP contribution is -2.44. The fourth-order valence-electron chi connectivity index (χ4n) is 4.62. The van der Waals surface area contributed by atoms with Crippen LogP contribution in [0.3, 0.4) is 0 Å². The van der Waals surface area contributed by atoms with Crippen LogP contribution in [0.25, 0.3) is 0 Å². The highest BCUT2D eigenvalue weighted by Gasteiger charge is 2.34. The van der Waals surface area contributed by atoms with Crippen LogP contribution in [0.15, 0.2) is 24.3 Å². The summed E-state index contributed by atoms with van der Waals surface area (Å²) in [6.45, 7) is 6.33. The van der Waals surface area contributed by atoms with E-state index in [-0.39, 0.29) is 11.4 Å². The second-order valence-electron chi connectivity index (χ2n) is 8.51. The van der Waals surface area contributed by atoms with Crippen molar-refractivity contribution < 1.29 is 9.13 Å². The van der Waals surface area contributed by atoms with E-state index in [2.05, 4.69) is 19.2 Å². The fourth-order valence-corrected chi connectivity index (χ4v) is 4.62. The highest BCUT2D eigenvalue weighted by atomic mass is 19.1. The zero-order valence-corrected chi connectivity index (χ0v) is 15.2. The Morgan fingerprint density at radius 1 is 1.17 bits per heavy atom. The van der Waals surface area contributed by atoms with Gasteiger partial charge >= 0.3 is 0 Å². The molecule has 1 aliphatic carbocycles. The van der Waals surface area contributed by atoms with Crippen molar-refractivity contribution in [3.63, 3.8) is 0 Å². The molecule has 2 fully saturated rings. The van der Waals surface area contributed by atoms with Crippen molar-refractivity contribution in [1.29, 1.82) is 0 Å². The molecule has 0 radical (unpaired) electrons. The number of hydrogen-bond acceptors (Lipinski definition) is 2. The van der Waals surface area contributed by atoms with Crippen LogP contribution in [-0.2, 0) is 11.2 Å². The number of halogens is 1. The summed E-state index contributed by atoms with van der Waals surface area (Å²) in [4.78, 5) is 0. The Bertz CT molecular complexity index is 519. The molecule has 0 unspecified atom stereocenters. The monoisotopic (exact) mass is 333 g/mol. The van der Waals surface area contributed by atoms with E-state index < -0.39 is 0 Å². The van der Waals surface area contributed by atoms with Gasteiger partial charge in [-0.15, -0.1) is 0 Å². The highest BCUT2D eigenvalue weighted by Crippen LogP contribution is 2.43. The molecule has 1 aromatic carbocycles. The van der Waals surface area contributed by atoms with Crippen molar-refractivity contribution >= 4 is 0 Å². The molecular formula is C21H32FNO. The number of ether oxygens (including phenoxy) is 1. The molecule has 1 N–H and O–H groups in total. The third kappa shape index (κ3) is 4.80. The summed E-state index contributed by atoms with van der Waals surface area (Å²) in [5.41, 5.74) is 1.70. The van der Waals surface area contributed by atoms with E-state index in [0.717, 1.165) is 32.4 Å². The van der Waals surface area contributed by atoms with Gasteiger partial charge in [0.25, 0.3) is 0 Å². The molecule has 1 atom stereocenters. The maximum Gasteiger partial charge on any atom is 0.123 e. The lowest BCUT2D eigenvalue weighted by Gasteiger charge is -2.37. The van der Waals surface area contributed by atoms with Gasteiger partial charge in [0, 0.05) is 12.6 Å². The lowest BCUT2D eigenvalue weighted by atomic mass is 9.77. The molecule has 24 heavy (non-hydrogen) atoms. The summed E-state index contributed by atoms with van der Waals surface area (Å²) in [5.74, 6) is -0.136. The Balaban J connectivity index is 1.53. The van der Waals surface area contributed by atoms with Crippen molar-refractivity contribution in [3.8, 4) is 0 Å². The van der Waals surface area contributed by atoms with E-state index >= 15 is 0 Å². The molecule has 0 spiro atoms. The zero-order chi connectivity index (χ0) is 17.0. The van der Waals surface area contributed by atoms with Gasteiger partial charge in [0.15, 0.2) is 0 Å². The molecule has 1 saturated heterocycles. The standard InChI is InChI=1S/C21H32FNO/c1-20(2)16-19(9-14-24-20)23-13-12-21(10-3-4-11-21)15-17-5-7-18(22)8-6-17/h5-8,19,23H,3-4,9-16H2,1-2H3/t19-/m1/s1. The molecule has 1 heterocycles. The first kappa shape index (κ1) is 17.9. The molecule has 0 amide bonds. The zero-order valence-electron chi connectivity index (χ0n) is 15.2. The van der Waals surface area contributed by atoms with Crippen molar-refractivity contribution in [1.82, 2.24) is 5.32 Å². The van der Waals surface area contributed by atoms with E-state index in [0.29, 0.717) is 11.5 Å². The Hall–Kier alpha value is -0.930. The van der Waals surface area contributed by atoms with Crippen LogP contribution < -0.4 is 5.32 Å². The summed E-state index contributed by atoms with van der Waals surface area (Å²) in [6, 6.07) is 7.70. The van der Waals surface area contributed by atoms with E-state index in [1.807, 2.05) is 12.1 Å². The van der Waals surface area contributed by atoms with Gasteiger partial charge in [-0.25, -0.2) is 4.39 Å². The van der Waals surface area contributed by atoms with Gasteiger partial charge in [-0.2, -0.15) is 0 Å². The van der Waals surface area contributed by atoms with Gasteiger partial charge in [-0.3, -0.25) is 0 Å². The number of rotatable bonds is 6. The van der Waals surface area contributed by atoms with Gasteiger partial charge in [0.05, 0.1) is 5.60 Å². The van der Waals surface area contributed by atoms with Crippen molar-refractivity contribution in [2.75, 3.05) is 13.2 Å². The largest absolute Gasteiger partial charge is 0.375 e. The number of hydrogen-bond donors (Lipinski definition) is 1. The first-order valence-electron chi connectivity index (χ1n) is 9.58. The average molecular weight is 333 g/mol. The third-order valence-corrected chi connectivity index (χ3v) is 5.94. The summed E-state index contributed by atoms with van der Waals surface area (Å²) < 4.78 is 19.0. The Morgan fingerprint density at radius 3 is 2.54 bits per heavy atom. The van der Waals surface area contributed by atoms with Crippen molar-refractivity contribution in [2.24, 2.45) is 5.41 Å². The average Bonchev–Trinajstić information content (AvgIpc) is 2.97. The quantitative estimate of drug-likeness (QED) is 0.802. The molecule has 2 aliphatic rings. The Morgan fingerprint density at radius 2 is 1.88 bits per heavy atom. The Kier molecular flexibility index (Phi) is 5.61. The van der Waals surface area contributed by atoms with E-state index in [1.165, 1.54) is 37.7 Å². The minimum atomic E-state index is -0.136.